The summed E-state index contributed by atoms with van der Waals surface area (Å²) in [6.45, 7) is 2.68. The van der Waals surface area contributed by atoms with Crippen LogP contribution >= 0.6 is 11.3 Å². The molecule has 4 nitrogen and oxygen atoms in total. The topological polar surface area (TPSA) is 56.9 Å². The van der Waals surface area contributed by atoms with Crippen molar-refractivity contribution in [3.05, 3.63) is 58.4 Å². The summed E-state index contributed by atoms with van der Waals surface area (Å²) in [5.41, 5.74) is 2.43. The van der Waals surface area contributed by atoms with Crippen molar-refractivity contribution in [3.8, 4) is 0 Å². The van der Waals surface area contributed by atoms with Crippen LogP contribution in [0.5, 0.6) is 0 Å². The number of carbonyl (C=O) groups excluding carboxylic acids is 1. The lowest BCUT2D eigenvalue weighted by Crippen LogP contribution is -2.44. The van der Waals surface area contributed by atoms with Crippen LogP contribution in [0.1, 0.15) is 36.1 Å². The third-order valence-corrected chi connectivity index (χ3v) is 5.81. The van der Waals surface area contributed by atoms with Crippen LogP contribution < -0.4 is 10.6 Å². The average molecular weight is 353 g/mol. The van der Waals surface area contributed by atoms with E-state index >= 15 is 0 Å². The van der Waals surface area contributed by atoms with Crippen LogP contribution in [0.4, 0.5) is 0 Å². The number of aromatic amines is 1. The number of hydrogen-bond donors (Lipinski definition) is 3. The second-order valence-corrected chi connectivity index (χ2v) is 7.75. The molecule has 0 bridgehead atoms. The number of aromatic nitrogens is 1. The first-order valence-electron chi connectivity index (χ1n) is 8.85. The Morgan fingerprint density at radius 3 is 2.88 bits per heavy atom. The molecule has 2 atom stereocenters. The number of rotatable bonds is 7. The summed E-state index contributed by atoms with van der Waals surface area (Å²) < 4.78 is 0. The maximum Gasteiger partial charge on any atom is 0.237 e. The van der Waals surface area contributed by atoms with E-state index < -0.39 is 0 Å². The SMILES string of the molecule is C[C@H](NC[C@H](c1cccs1)c1c[nH]c2ccccc12)C(=O)NC1CC1. The minimum absolute atomic E-state index is 0.103. The van der Waals surface area contributed by atoms with Gasteiger partial charge in [-0.1, -0.05) is 24.3 Å². The van der Waals surface area contributed by atoms with Crippen molar-refractivity contribution in [3.63, 3.8) is 0 Å². The molecular weight excluding hydrogens is 330 g/mol. The third kappa shape index (κ3) is 3.62. The van der Waals surface area contributed by atoms with E-state index in [1.165, 1.54) is 15.8 Å². The molecule has 2 aromatic heterocycles. The molecule has 0 aliphatic heterocycles. The second kappa shape index (κ2) is 7.02. The van der Waals surface area contributed by atoms with Gasteiger partial charge in [-0.3, -0.25) is 4.79 Å². The lowest BCUT2D eigenvalue weighted by Gasteiger charge is -2.20. The molecule has 25 heavy (non-hydrogen) atoms. The van der Waals surface area contributed by atoms with Gasteiger partial charge in [0.25, 0.3) is 0 Å². The molecule has 4 rings (SSSR count). The number of para-hydroxylation sites is 1. The molecule has 3 N–H and O–H groups in total. The number of thiophene rings is 1. The van der Waals surface area contributed by atoms with Gasteiger partial charge in [0.05, 0.1) is 6.04 Å². The monoisotopic (exact) mass is 353 g/mol. The van der Waals surface area contributed by atoms with Crippen molar-refractivity contribution in [2.75, 3.05) is 6.54 Å². The van der Waals surface area contributed by atoms with Crippen molar-refractivity contribution in [2.24, 2.45) is 0 Å². The predicted octanol–water partition coefficient (Wildman–Crippen LogP) is 3.62. The molecule has 130 valence electrons. The third-order valence-electron chi connectivity index (χ3n) is 4.83. The summed E-state index contributed by atoms with van der Waals surface area (Å²) in [6.07, 6.45) is 4.34. The normalized spacial score (nSPS) is 16.7. The highest BCUT2D eigenvalue weighted by molar-refractivity contribution is 7.10. The fourth-order valence-corrected chi connectivity index (χ4v) is 4.02. The molecule has 1 amide bonds. The molecule has 3 aromatic rings. The molecule has 0 radical (unpaired) electrons. The van der Waals surface area contributed by atoms with E-state index in [9.17, 15) is 4.79 Å². The first kappa shape index (κ1) is 16.4. The summed E-state index contributed by atoms with van der Waals surface area (Å²) in [5.74, 6) is 0.332. The summed E-state index contributed by atoms with van der Waals surface area (Å²) >= 11 is 1.76. The number of amides is 1. The highest BCUT2D eigenvalue weighted by atomic mass is 32.1. The molecule has 1 aliphatic rings. The minimum Gasteiger partial charge on any atom is -0.361 e. The molecule has 1 saturated carbocycles. The molecule has 2 heterocycles. The van der Waals surface area contributed by atoms with Crippen LogP contribution in [-0.2, 0) is 4.79 Å². The Morgan fingerprint density at radius 2 is 2.12 bits per heavy atom. The van der Waals surface area contributed by atoms with Crippen LogP contribution in [0.15, 0.2) is 48.0 Å². The number of fused-ring (bicyclic) bond motifs is 1. The fourth-order valence-electron chi connectivity index (χ4n) is 3.18. The van der Waals surface area contributed by atoms with Crippen LogP contribution in [0.25, 0.3) is 10.9 Å². The maximum atomic E-state index is 12.2. The van der Waals surface area contributed by atoms with Gasteiger partial charge in [0, 0.05) is 40.5 Å². The Morgan fingerprint density at radius 1 is 1.28 bits per heavy atom. The van der Waals surface area contributed by atoms with Crippen molar-refractivity contribution >= 4 is 28.1 Å². The lowest BCUT2D eigenvalue weighted by molar-refractivity contribution is -0.122. The Labute approximate surface area is 151 Å². The van der Waals surface area contributed by atoms with E-state index in [0.29, 0.717) is 6.04 Å². The Balaban J connectivity index is 1.54. The number of H-pyrrole nitrogens is 1. The van der Waals surface area contributed by atoms with Crippen molar-refractivity contribution < 1.29 is 4.79 Å². The molecule has 1 aromatic carbocycles. The van der Waals surface area contributed by atoms with E-state index in [1.54, 1.807) is 11.3 Å². The van der Waals surface area contributed by atoms with Gasteiger partial charge in [0.2, 0.25) is 5.91 Å². The minimum atomic E-state index is -0.187. The van der Waals surface area contributed by atoms with Crippen molar-refractivity contribution in [1.29, 1.82) is 0 Å². The van der Waals surface area contributed by atoms with E-state index in [0.717, 1.165) is 24.9 Å². The number of hydrogen-bond acceptors (Lipinski definition) is 3. The van der Waals surface area contributed by atoms with Gasteiger partial charge in [-0.25, -0.2) is 0 Å². The maximum absolute atomic E-state index is 12.2. The van der Waals surface area contributed by atoms with Crippen LogP contribution in [0.2, 0.25) is 0 Å². The van der Waals surface area contributed by atoms with Gasteiger partial charge in [-0.15, -0.1) is 11.3 Å². The molecule has 1 fully saturated rings. The highest BCUT2D eigenvalue weighted by Gasteiger charge is 2.26. The molecule has 0 spiro atoms. The molecular formula is C20H23N3OS. The van der Waals surface area contributed by atoms with Crippen LogP contribution in [-0.4, -0.2) is 29.5 Å². The molecule has 5 heteroatoms. The Hall–Kier alpha value is -2.11. The zero-order chi connectivity index (χ0) is 17.2. The van der Waals surface area contributed by atoms with Gasteiger partial charge in [-0.05, 0) is 42.8 Å². The zero-order valence-corrected chi connectivity index (χ0v) is 15.1. The predicted molar refractivity (Wildman–Crippen MR) is 103 cm³/mol. The number of benzene rings is 1. The Bertz CT molecular complexity index is 851. The van der Waals surface area contributed by atoms with Crippen LogP contribution in [0.3, 0.4) is 0 Å². The fraction of sp³-hybridized carbons (Fsp3) is 0.350. The first-order chi connectivity index (χ1) is 12.2. The first-order valence-corrected chi connectivity index (χ1v) is 9.73. The largest absolute Gasteiger partial charge is 0.361 e. The average Bonchev–Trinajstić information content (AvgIpc) is 3.12. The number of nitrogens with one attached hydrogen (secondary N) is 3. The lowest BCUT2D eigenvalue weighted by atomic mass is 9.96. The quantitative estimate of drug-likeness (QED) is 0.608. The van der Waals surface area contributed by atoms with Crippen molar-refractivity contribution in [2.45, 2.75) is 37.8 Å². The molecule has 1 aliphatic carbocycles. The van der Waals surface area contributed by atoms with E-state index in [-0.39, 0.29) is 17.9 Å². The summed E-state index contributed by atoms with van der Waals surface area (Å²) in [6, 6.07) is 12.9. The summed E-state index contributed by atoms with van der Waals surface area (Å²) in [5, 5.41) is 9.87. The van der Waals surface area contributed by atoms with E-state index in [4.69, 9.17) is 0 Å². The number of carbonyl (C=O) groups is 1. The van der Waals surface area contributed by atoms with Crippen molar-refractivity contribution in [1.82, 2.24) is 15.6 Å². The summed E-state index contributed by atoms with van der Waals surface area (Å²) in [4.78, 5) is 16.9. The van der Waals surface area contributed by atoms with Gasteiger partial charge >= 0.3 is 0 Å². The second-order valence-electron chi connectivity index (χ2n) is 6.77. The Kier molecular flexibility index (Phi) is 4.59. The van der Waals surface area contributed by atoms with Gasteiger partial charge < -0.3 is 15.6 Å². The highest BCUT2D eigenvalue weighted by Crippen LogP contribution is 2.32. The smallest absolute Gasteiger partial charge is 0.237 e. The van der Waals surface area contributed by atoms with Gasteiger partial charge in [0.1, 0.15) is 0 Å². The van der Waals surface area contributed by atoms with E-state index in [1.807, 2.05) is 13.0 Å². The zero-order valence-electron chi connectivity index (χ0n) is 14.3. The standard InChI is InChI=1S/C20H23N3OS/c1-13(20(24)23-14-8-9-14)21-12-17(19-7-4-10-25-19)16-11-22-18-6-3-2-5-15(16)18/h2-7,10-11,13-14,17,21-22H,8-9,12H2,1H3,(H,23,24)/t13-,17-/m0/s1. The van der Waals surface area contributed by atoms with Gasteiger partial charge in [0.15, 0.2) is 0 Å². The van der Waals surface area contributed by atoms with Crippen LogP contribution in [0, 0.1) is 0 Å². The molecule has 0 saturated heterocycles. The van der Waals surface area contributed by atoms with Gasteiger partial charge in [-0.2, -0.15) is 0 Å². The summed E-state index contributed by atoms with van der Waals surface area (Å²) in [7, 11) is 0. The molecule has 0 unspecified atom stereocenters. The van der Waals surface area contributed by atoms with E-state index in [2.05, 4.69) is 57.5 Å².